The van der Waals surface area contributed by atoms with Gasteiger partial charge in [0.2, 0.25) is 5.95 Å². The van der Waals surface area contributed by atoms with Crippen LogP contribution in [0.4, 0.5) is 11.6 Å². The molecule has 1 aromatic carbocycles. The molecule has 1 fully saturated rings. The van der Waals surface area contributed by atoms with Gasteiger partial charge in [-0.25, -0.2) is 9.97 Å². The summed E-state index contributed by atoms with van der Waals surface area (Å²) in [6.45, 7) is 9.10. The van der Waals surface area contributed by atoms with Crippen molar-refractivity contribution in [2.24, 2.45) is 0 Å². The summed E-state index contributed by atoms with van der Waals surface area (Å²) in [5.41, 5.74) is 2.25. The monoisotopic (exact) mass is 367 g/mol. The number of aryl methyl sites for hydroxylation is 1. The molecule has 0 unspecified atom stereocenters. The molecule has 1 aliphatic rings. The molecule has 0 saturated carbocycles. The van der Waals surface area contributed by atoms with Gasteiger partial charge in [0.05, 0.1) is 12.8 Å². The van der Waals surface area contributed by atoms with Gasteiger partial charge in [-0.15, -0.1) is 6.58 Å². The minimum Gasteiger partial charge on any atom is -0.495 e. The van der Waals surface area contributed by atoms with Crippen LogP contribution in [-0.2, 0) is 0 Å². The van der Waals surface area contributed by atoms with E-state index in [1.165, 1.54) is 0 Å². The molecule has 2 aromatic rings. The number of benzene rings is 1. The lowest BCUT2D eigenvalue weighted by molar-refractivity contribution is 0.0953. The van der Waals surface area contributed by atoms with Gasteiger partial charge >= 0.3 is 0 Å². The summed E-state index contributed by atoms with van der Waals surface area (Å²) in [6, 6.07) is 9.73. The summed E-state index contributed by atoms with van der Waals surface area (Å²) in [7, 11) is 1.69. The quantitative estimate of drug-likeness (QED) is 0.788. The van der Waals surface area contributed by atoms with E-state index < -0.39 is 0 Å². The molecule has 7 nitrogen and oxygen atoms in total. The van der Waals surface area contributed by atoms with Crippen molar-refractivity contribution >= 4 is 17.5 Å². The number of anilines is 2. The van der Waals surface area contributed by atoms with E-state index in [1.807, 2.05) is 25.1 Å². The van der Waals surface area contributed by atoms with Gasteiger partial charge in [0.25, 0.3) is 5.91 Å². The Hall–Kier alpha value is -3.09. The molecule has 142 valence electrons. The molecule has 1 N–H and O–H groups in total. The minimum absolute atomic E-state index is 0.214. The second kappa shape index (κ2) is 8.53. The van der Waals surface area contributed by atoms with Crippen molar-refractivity contribution in [1.29, 1.82) is 0 Å². The first-order valence-electron chi connectivity index (χ1n) is 9.00. The van der Waals surface area contributed by atoms with Crippen molar-refractivity contribution in [3.8, 4) is 5.75 Å². The lowest BCUT2D eigenvalue weighted by Gasteiger charge is -2.36. The van der Waals surface area contributed by atoms with Crippen molar-refractivity contribution in [3.05, 3.63) is 54.4 Å². The Morgan fingerprint density at radius 3 is 2.63 bits per heavy atom. The van der Waals surface area contributed by atoms with Crippen LogP contribution in [0, 0.1) is 6.92 Å². The van der Waals surface area contributed by atoms with Gasteiger partial charge in [0.15, 0.2) is 0 Å². The maximum atomic E-state index is 12.2. The Kier molecular flexibility index (Phi) is 5.90. The Morgan fingerprint density at radius 1 is 1.22 bits per heavy atom. The van der Waals surface area contributed by atoms with Crippen molar-refractivity contribution in [2.45, 2.75) is 6.92 Å². The van der Waals surface area contributed by atoms with Gasteiger partial charge in [-0.1, -0.05) is 18.2 Å². The topological polar surface area (TPSA) is 70.6 Å². The number of aromatic nitrogens is 2. The standard InChI is InChI=1S/C20H25N5O2/c1-4-9-21-19(26)16-14-15(2)22-20(23-16)25-12-10-24(11-13-25)17-7-5-6-8-18(17)27-3/h4-8,14H,1,9-13H2,2-3H3,(H,21,26). The Labute approximate surface area is 159 Å². The van der Waals surface area contributed by atoms with Crippen molar-refractivity contribution in [1.82, 2.24) is 15.3 Å². The molecular weight excluding hydrogens is 342 g/mol. The molecule has 1 aromatic heterocycles. The third kappa shape index (κ3) is 4.36. The predicted molar refractivity (Wildman–Crippen MR) is 107 cm³/mol. The Morgan fingerprint density at radius 2 is 1.93 bits per heavy atom. The molecule has 7 heteroatoms. The van der Waals surface area contributed by atoms with Crippen molar-refractivity contribution < 1.29 is 9.53 Å². The SMILES string of the molecule is C=CCNC(=O)c1cc(C)nc(N2CCN(c3ccccc3OC)CC2)n1. The fraction of sp³-hybridized carbons (Fsp3) is 0.350. The van der Waals surface area contributed by atoms with Gasteiger partial charge in [0.1, 0.15) is 11.4 Å². The summed E-state index contributed by atoms with van der Waals surface area (Å²) >= 11 is 0. The molecule has 0 radical (unpaired) electrons. The van der Waals surface area contributed by atoms with E-state index in [1.54, 1.807) is 19.3 Å². The smallest absolute Gasteiger partial charge is 0.270 e. The maximum absolute atomic E-state index is 12.2. The highest BCUT2D eigenvalue weighted by Crippen LogP contribution is 2.28. The van der Waals surface area contributed by atoms with Crippen LogP contribution < -0.4 is 19.9 Å². The number of rotatable bonds is 6. The zero-order valence-corrected chi connectivity index (χ0v) is 15.8. The van der Waals surface area contributed by atoms with Gasteiger partial charge in [-0.05, 0) is 25.1 Å². The summed E-state index contributed by atoms with van der Waals surface area (Å²) in [6.07, 6.45) is 1.64. The van der Waals surface area contributed by atoms with Crippen molar-refractivity contribution in [2.75, 3.05) is 49.6 Å². The second-order valence-corrected chi connectivity index (χ2v) is 6.34. The highest BCUT2D eigenvalue weighted by atomic mass is 16.5. The first kappa shape index (κ1) is 18.7. The number of hydrogen-bond donors (Lipinski definition) is 1. The summed E-state index contributed by atoms with van der Waals surface area (Å²) in [5, 5.41) is 2.76. The first-order chi connectivity index (χ1) is 13.1. The van der Waals surface area contributed by atoms with E-state index in [-0.39, 0.29) is 5.91 Å². The van der Waals surface area contributed by atoms with Crippen LogP contribution in [0.3, 0.4) is 0 Å². The molecule has 0 spiro atoms. The third-order valence-electron chi connectivity index (χ3n) is 4.47. The number of nitrogens with one attached hydrogen (secondary N) is 1. The van der Waals surface area contributed by atoms with E-state index in [0.717, 1.165) is 43.3 Å². The van der Waals surface area contributed by atoms with Gasteiger partial charge in [-0.2, -0.15) is 0 Å². The van der Waals surface area contributed by atoms with E-state index in [9.17, 15) is 4.79 Å². The summed E-state index contributed by atoms with van der Waals surface area (Å²) in [5.74, 6) is 1.26. The van der Waals surface area contributed by atoms with E-state index in [0.29, 0.717) is 18.2 Å². The molecule has 0 atom stereocenters. The molecular formula is C20H25N5O2. The number of para-hydroxylation sites is 2. The number of amides is 1. The molecule has 3 rings (SSSR count). The zero-order chi connectivity index (χ0) is 19.2. The Bertz CT molecular complexity index is 816. The number of methoxy groups -OCH3 is 1. The van der Waals surface area contributed by atoms with Gasteiger partial charge < -0.3 is 19.9 Å². The summed E-state index contributed by atoms with van der Waals surface area (Å²) < 4.78 is 5.47. The van der Waals surface area contributed by atoms with Gasteiger partial charge in [0, 0.05) is 38.4 Å². The van der Waals surface area contributed by atoms with Crippen molar-refractivity contribution in [3.63, 3.8) is 0 Å². The number of piperazine rings is 1. The largest absolute Gasteiger partial charge is 0.495 e. The molecule has 1 aliphatic heterocycles. The lowest BCUT2D eigenvalue weighted by atomic mass is 10.2. The molecule has 1 amide bonds. The maximum Gasteiger partial charge on any atom is 0.270 e. The fourth-order valence-electron chi connectivity index (χ4n) is 3.10. The Balaban J connectivity index is 1.71. The van der Waals surface area contributed by atoms with E-state index >= 15 is 0 Å². The number of hydrogen-bond acceptors (Lipinski definition) is 6. The third-order valence-corrected chi connectivity index (χ3v) is 4.47. The second-order valence-electron chi connectivity index (χ2n) is 6.34. The first-order valence-corrected chi connectivity index (χ1v) is 9.00. The summed E-state index contributed by atoms with van der Waals surface area (Å²) in [4.78, 5) is 25.6. The molecule has 27 heavy (non-hydrogen) atoms. The van der Waals surface area contributed by atoms with E-state index in [2.05, 4.69) is 37.7 Å². The zero-order valence-electron chi connectivity index (χ0n) is 15.8. The number of ether oxygens (including phenoxy) is 1. The van der Waals surface area contributed by atoms with Crippen LogP contribution in [0.1, 0.15) is 16.2 Å². The van der Waals surface area contributed by atoms with Crippen LogP contribution in [0.2, 0.25) is 0 Å². The van der Waals surface area contributed by atoms with Crippen LogP contribution in [-0.4, -0.2) is 55.7 Å². The van der Waals surface area contributed by atoms with E-state index in [4.69, 9.17) is 4.74 Å². The number of carbonyl (C=O) groups excluding carboxylic acids is 1. The normalized spacial score (nSPS) is 14.0. The average molecular weight is 367 g/mol. The highest BCUT2D eigenvalue weighted by Gasteiger charge is 2.22. The highest BCUT2D eigenvalue weighted by molar-refractivity contribution is 5.92. The molecule has 0 aliphatic carbocycles. The minimum atomic E-state index is -0.214. The number of nitrogens with zero attached hydrogens (tertiary/aromatic N) is 4. The lowest BCUT2D eigenvalue weighted by Crippen LogP contribution is -2.47. The molecule has 2 heterocycles. The van der Waals surface area contributed by atoms with Crippen LogP contribution in [0.5, 0.6) is 5.75 Å². The van der Waals surface area contributed by atoms with Crippen LogP contribution >= 0.6 is 0 Å². The number of carbonyl (C=O) groups is 1. The van der Waals surface area contributed by atoms with Crippen LogP contribution in [0.25, 0.3) is 0 Å². The molecule has 1 saturated heterocycles. The average Bonchev–Trinajstić information content (AvgIpc) is 2.71. The molecule has 0 bridgehead atoms. The van der Waals surface area contributed by atoms with Gasteiger partial charge in [-0.3, -0.25) is 4.79 Å². The predicted octanol–water partition coefficient (Wildman–Crippen LogP) is 2.04. The fourth-order valence-corrected chi connectivity index (χ4v) is 3.10. The van der Waals surface area contributed by atoms with Crippen LogP contribution in [0.15, 0.2) is 43.0 Å².